The first-order chi connectivity index (χ1) is 16.9. The fourth-order valence-electron chi connectivity index (χ4n) is 4.60. The predicted molar refractivity (Wildman–Crippen MR) is 130 cm³/mol. The third kappa shape index (κ3) is 5.22. The van der Waals surface area contributed by atoms with Crippen LogP contribution in [0.25, 0.3) is 10.9 Å². The minimum absolute atomic E-state index is 0.0686. The predicted octanol–water partition coefficient (Wildman–Crippen LogP) is 4.19. The highest BCUT2D eigenvalue weighted by molar-refractivity contribution is 6.30. The van der Waals surface area contributed by atoms with E-state index in [0.717, 1.165) is 18.2 Å². The van der Waals surface area contributed by atoms with Crippen LogP contribution >= 0.6 is 11.6 Å². The molecule has 3 N–H and O–H groups in total. The van der Waals surface area contributed by atoms with Crippen LogP contribution in [0.4, 0.5) is 14.7 Å². The number of aromatic nitrogens is 2. The van der Waals surface area contributed by atoms with Crippen molar-refractivity contribution in [1.29, 1.82) is 0 Å². The molecule has 3 aromatic rings. The van der Waals surface area contributed by atoms with Gasteiger partial charge in [-0.1, -0.05) is 23.7 Å². The number of fused-ring (bicyclic) bond motifs is 1. The lowest BCUT2D eigenvalue weighted by molar-refractivity contribution is 0.0813. The van der Waals surface area contributed by atoms with E-state index in [-0.39, 0.29) is 24.0 Å². The van der Waals surface area contributed by atoms with Crippen molar-refractivity contribution in [2.45, 2.75) is 37.0 Å². The molecule has 1 amide bonds. The largest absolute Gasteiger partial charge is 0.381 e. The van der Waals surface area contributed by atoms with Gasteiger partial charge in [0.25, 0.3) is 5.91 Å². The smallest absolute Gasteiger partial charge is 0.251 e. The van der Waals surface area contributed by atoms with Crippen LogP contribution < -0.4 is 16.0 Å². The molecule has 3 heterocycles. The SMILES string of the molecule is O=C(N[C@H](c1ccc(F)c(Cl)c1)[C@@]1(F)CCNC1)c1ccc2cnc(NC3CCOCC3)nc2c1. The van der Waals surface area contributed by atoms with Gasteiger partial charge in [-0.05, 0) is 55.6 Å². The lowest BCUT2D eigenvalue weighted by atomic mass is 9.89. The summed E-state index contributed by atoms with van der Waals surface area (Å²) < 4.78 is 35.0. The Hall–Kier alpha value is -2.88. The van der Waals surface area contributed by atoms with Gasteiger partial charge in [-0.3, -0.25) is 4.79 Å². The first-order valence-electron chi connectivity index (χ1n) is 11.7. The molecule has 35 heavy (non-hydrogen) atoms. The Labute approximate surface area is 206 Å². The fourth-order valence-corrected chi connectivity index (χ4v) is 4.79. The topological polar surface area (TPSA) is 88.2 Å². The van der Waals surface area contributed by atoms with Crippen molar-refractivity contribution < 1.29 is 18.3 Å². The van der Waals surface area contributed by atoms with Crippen LogP contribution in [-0.2, 0) is 4.74 Å². The van der Waals surface area contributed by atoms with Crippen LogP contribution in [-0.4, -0.2) is 53.9 Å². The van der Waals surface area contributed by atoms with Crippen molar-refractivity contribution in [3.63, 3.8) is 0 Å². The maximum Gasteiger partial charge on any atom is 0.251 e. The second kappa shape index (κ2) is 10.0. The highest BCUT2D eigenvalue weighted by atomic mass is 35.5. The molecular weight excluding hydrogens is 476 g/mol. The van der Waals surface area contributed by atoms with Crippen molar-refractivity contribution in [2.75, 3.05) is 31.6 Å². The van der Waals surface area contributed by atoms with E-state index in [1.54, 1.807) is 24.4 Å². The number of alkyl halides is 1. The highest BCUT2D eigenvalue weighted by Gasteiger charge is 2.44. The number of carbonyl (C=O) groups excluding carboxylic acids is 1. The quantitative estimate of drug-likeness (QED) is 0.469. The van der Waals surface area contributed by atoms with Gasteiger partial charge >= 0.3 is 0 Å². The van der Waals surface area contributed by atoms with Gasteiger partial charge in [0.05, 0.1) is 16.6 Å². The average molecular weight is 502 g/mol. The molecule has 0 spiro atoms. The maximum absolute atomic E-state index is 15.8. The Morgan fingerprint density at radius 3 is 2.80 bits per heavy atom. The number of hydrogen-bond acceptors (Lipinski definition) is 6. The molecule has 2 aliphatic rings. The number of hydrogen-bond donors (Lipinski definition) is 3. The van der Waals surface area contributed by atoms with Crippen LogP contribution in [0.1, 0.15) is 41.2 Å². The molecular formula is C25H26ClF2N5O2. The Morgan fingerprint density at radius 1 is 1.23 bits per heavy atom. The fraction of sp³-hybridized carbons (Fsp3) is 0.400. The molecule has 0 aliphatic carbocycles. The summed E-state index contributed by atoms with van der Waals surface area (Å²) in [5.74, 6) is -0.573. The molecule has 2 saturated heterocycles. The number of benzene rings is 2. The van der Waals surface area contributed by atoms with Gasteiger partial charge in [-0.25, -0.2) is 18.7 Å². The number of nitrogens with one attached hydrogen (secondary N) is 3. The number of nitrogens with zero attached hydrogens (tertiary/aromatic N) is 2. The minimum atomic E-state index is -1.74. The summed E-state index contributed by atoms with van der Waals surface area (Å²) in [6, 6.07) is 8.30. The average Bonchev–Trinajstić information content (AvgIpc) is 3.31. The van der Waals surface area contributed by atoms with E-state index in [0.29, 0.717) is 42.4 Å². The molecule has 10 heteroatoms. The summed E-state index contributed by atoms with van der Waals surface area (Å²) in [6.45, 7) is 1.94. The molecule has 184 valence electrons. The van der Waals surface area contributed by atoms with E-state index in [4.69, 9.17) is 16.3 Å². The Balaban J connectivity index is 1.40. The van der Waals surface area contributed by atoms with Gasteiger partial charge in [-0.2, -0.15) is 0 Å². The lowest BCUT2D eigenvalue weighted by Gasteiger charge is -2.31. The van der Waals surface area contributed by atoms with Gasteiger partial charge in [0.1, 0.15) is 11.5 Å². The molecule has 0 bridgehead atoms. The third-order valence-electron chi connectivity index (χ3n) is 6.61. The summed E-state index contributed by atoms with van der Waals surface area (Å²) in [4.78, 5) is 22.2. The second-order valence-electron chi connectivity index (χ2n) is 9.04. The molecule has 0 saturated carbocycles. The summed E-state index contributed by atoms with van der Waals surface area (Å²) in [6.07, 6.45) is 3.66. The summed E-state index contributed by atoms with van der Waals surface area (Å²) in [5.41, 5.74) is -0.402. The zero-order chi connectivity index (χ0) is 24.4. The van der Waals surface area contributed by atoms with E-state index >= 15 is 4.39 Å². The van der Waals surface area contributed by atoms with Crippen molar-refractivity contribution in [2.24, 2.45) is 0 Å². The van der Waals surface area contributed by atoms with E-state index in [2.05, 4.69) is 25.9 Å². The van der Waals surface area contributed by atoms with Gasteiger partial charge in [0, 0.05) is 42.9 Å². The Bertz CT molecular complexity index is 1230. The first kappa shape index (κ1) is 23.8. The zero-order valence-corrected chi connectivity index (χ0v) is 19.7. The molecule has 2 aliphatic heterocycles. The van der Waals surface area contributed by atoms with E-state index in [1.165, 1.54) is 18.2 Å². The van der Waals surface area contributed by atoms with Crippen molar-refractivity contribution in [1.82, 2.24) is 20.6 Å². The maximum atomic E-state index is 15.8. The highest BCUT2D eigenvalue weighted by Crippen LogP contribution is 2.36. The second-order valence-corrected chi connectivity index (χ2v) is 9.45. The van der Waals surface area contributed by atoms with Gasteiger partial charge in [0.15, 0.2) is 0 Å². The minimum Gasteiger partial charge on any atom is -0.381 e. The number of anilines is 1. The standard InChI is InChI=1S/C25H26ClF2N5O2/c26-19-11-15(3-4-20(19)27)22(25(28)7-8-29-14-25)33-23(34)16-1-2-17-13-30-24(32-21(17)12-16)31-18-5-9-35-10-6-18/h1-4,11-13,18,22,29H,5-10,14H2,(H,33,34)(H,30,31,32)/t22-,25-/m1/s1. The lowest BCUT2D eigenvalue weighted by Crippen LogP contribution is -2.44. The Kier molecular flexibility index (Phi) is 6.82. The van der Waals surface area contributed by atoms with E-state index in [9.17, 15) is 9.18 Å². The number of carbonyl (C=O) groups is 1. The number of rotatable bonds is 6. The molecule has 0 unspecified atom stereocenters. The molecule has 1 aromatic heterocycles. The Morgan fingerprint density at radius 2 is 2.06 bits per heavy atom. The van der Waals surface area contributed by atoms with E-state index in [1.807, 2.05) is 0 Å². The van der Waals surface area contributed by atoms with E-state index < -0.39 is 23.4 Å². The van der Waals surface area contributed by atoms with Crippen LogP contribution in [0.3, 0.4) is 0 Å². The molecule has 2 aromatic carbocycles. The van der Waals surface area contributed by atoms with Gasteiger partial charge in [-0.15, -0.1) is 0 Å². The van der Waals surface area contributed by atoms with Crippen LogP contribution in [0, 0.1) is 5.82 Å². The molecule has 2 atom stereocenters. The zero-order valence-electron chi connectivity index (χ0n) is 19.0. The number of ether oxygens (including phenoxy) is 1. The normalized spacial score (nSPS) is 21.7. The van der Waals surface area contributed by atoms with Crippen molar-refractivity contribution in [3.05, 3.63) is 64.6 Å². The molecule has 5 rings (SSSR count). The summed E-state index contributed by atoms with van der Waals surface area (Å²) in [7, 11) is 0. The molecule has 7 nitrogen and oxygen atoms in total. The summed E-state index contributed by atoms with van der Waals surface area (Å²) >= 11 is 5.96. The monoisotopic (exact) mass is 501 g/mol. The molecule has 0 radical (unpaired) electrons. The van der Waals surface area contributed by atoms with Crippen molar-refractivity contribution in [3.8, 4) is 0 Å². The first-order valence-corrected chi connectivity index (χ1v) is 12.1. The van der Waals surface area contributed by atoms with Crippen LogP contribution in [0.2, 0.25) is 5.02 Å². The number of amides is 1. The summed E-state index contributed by atoms with van der Waals surface area (Å²) in [5, 5.41) is 9.80. The molecule has 2 fully saturated rings. The van der Waals surface area contributed by atoms with Crippen molar-refractivity contribution >= 4 is 34.4 Å². The van der Waals surface area contributed by atoms with Gasteiger partial charge in [0.2, 0.25) is 5.95 Å². The van der Waals surface area contributed by atoms with Crippen LogP contribution in [0.15, 0.2) is 42.6 Å². The van der Waals surface area contributed by atoms with Gasteiger partial charge < -0.3 is 20.7 Å². The number of halogens is 3. The van der Waals surface area contributed by atoms with Crippen LogP contribution in [0.5, 0.6) is 0 Å². The third-order valence-corrected chi connectivity index (χ3v) is 6.90.